The molecule has 1 aliphatic rings. The molecule has 1 aliphatic heterocycles. The normalized spacial score (nSPS) is 16.7. The van der Waals surface area contributed by atoms with Crippen LogP contribution in [0.4, 0.5) is 5.69 Å². The third-order valence-electron chi connectivity index (χ3n) is 3.83. The van der Waals surface area contributed by atoms with Gasteiger partial charge in [-0.2, -0.15) is 0 Å². The molecule has 2 aromatic carbocycles. The molecular weight excluding hydrogens is 428 g/mol. The molecule has 1 fully saturated rings. The Morgan fingerprint density at radius 1 is 1.30 bits per heavy atom. The third kappa shape index (κ3) is 4.54. The van der Waals surface area contributed by atoms with Gasteiger partial charge in [0.15, 0.2) is 16.7 Å². The molecule has 1 amide bonds. The number of thioether (sulfide) groups is 1. The van der Waals surface area contributed by atoms with E-state index in [9.17, 15) is 4.79 Å². The molecule has 7 heteroatoms. The molecule has 0 atom stereocenters. The highest BCUT2D eigenvalue weighted by Crippen LogP contribution is 2.38. The SMILES string of the molecule is CCOc1c(Br)cc(/C=C2\SC(=Nc3ccccc3C)NC2=O)cc1OC. The number of methoxy groups -OCH3 is 1. The van der Waals surface area contributed by atoms with Crippen LogP contribution in [0.5, 0.6) is 11.5 Å². The van der Waals surface area contributed by atoms with Crippen molar-refractivity contribution in [2.45, 2.75) is 13.8 Å². The summed E-state index contributed by atoms with van der Waals surface area (Å²) in [5, 5.41) is 3.38. The van der Waals surface area contributed by atoms with E-state index < -0.39 is 0 Å². The minimum atomic E-state index is -0.170. The number of halogens is 1. The molecule has 0 bridgehead atoms. The smallest absolute Gasteiger partial charge is 0.264 e. The quantitative estimate of drug-likeness (QED) is 0.652. The molecule has 1 heterocycles. The van der Waals surface area contributed by atoms with Crippen molar-refractivity contribution >= 4 is 50.5 Å². The Morgan fingerprint density at radius 3 is 2.78 bits per heavy atom. The molecule has 0 radical (unpaired) electrons. The van der Waals surface area contributed by atoms with Crippen molar-refractivity contribution < 1.29 is 14.3 Å². The van der Waals surface area contributed by atoms with Gasteiger partial charge in [-0.15, -0.1) is 0 Å². The highest BCUT2D eigenvalue weighted by atomic mass is 79.9. The fourth-order valence-electron chi connectivity index (χ4n) is 2.54. The molecule has 0 spiro atoms. The van der Waals surface area contributed by atoms with E-state index in [-0.39, 0.29) is 5.91 Å². The fourth-order valence-corrected chi connectivity index (χ4v) is 3.95. The first-order valence-corrected chi connectivity index (χ1v) is 9.98. The van der Waals surface area contributed by atoms with Gasteiger partial charge >= 0.3 is 0 Å². The Morgan fingerprint density at radius 2 is 2.07 bits per heavy atom. The second kappa shape index (κ2) is 8.63. The van der Waals surface area contributed by atoms with Crippen LogP contribution in [-0.4, -0.2) is 24.8 Å². The molecule has 2 aromatic rings. The van der Waals surface area contributed by atoms with Gasteiger partial charge in [0.25, 0.3) is 5.91 Å². The van der Waals surface area contributed by atoms with Crippen molar-refractivity contribution in [2.24, 2.45) is 4.99 Å². The first-order valence-electron chi connectivity index (χ1n) is 8.37. The third-order valence-corrected chi connectivity index (χ3v) is 5.33. The summed E-state index contributed by atoms with van der Waals surface area (Å²) in [5.74, 6) is 1.08. The maximum Gasteiger partial charge on any atom is 0.264 e. The summed E-state index contributed by atoms with van der Waals surface area (Å²) in [6, 6.07) is 11.5. The monoisotopic (exact) mass is 446 g/mol. The predicted molar refractivity (Wildman–Crippen MR) is 114 cm³/mol. The van der Waals surface area contributed by atoms with Crippen molar-refractivity contribution in [2.75, 3.05) is 13.7 Å². The summed E-state index contributed by atoms with van der Waals surface area (Å²) in [6.45, 7) is 4.43. The van der Waals surface area contributed by atoms with Gasteiger partial charge in [0.2, 0.25) is 0 Å². The van der Waals surface area contributed by atoms with E-state index in [0.29, 0.717) is 28.2 Å². The Hall–Kier alpha value is -2.25. The van der Waals surface area contributed by atoms with Gasteiger partial charge in [-0.25, -0.2) is 4.99 Å². The average molecular weight is 447 g/mol. The lowest BCUT2D eigenvalue weighted by Crippen LogP contribution is -2.19. The van der Waals surface area contributed by atoms with Gasteiger partial charge in [0.05, 0.1) is 28.8 Å². The summed E-state index contributed by atoms with van der Waals surface area (Å²) in [4.78, 5) is 17.4. The average Bonchev–Trinajstić information content (AvgIpc) is 2.98. The van der Waals surface area contributed by atoms with Crippen molar-refractivity contribution in [3.8, 4) is 11.5 Å². The molecular formula is C20H19BrN2O3S. The number of aliphatic imine (C=N–C) groups is 1. The summed E-state index contributed by atoms with van der Waals surface area (Å²) in [6.07, 6.45) is 1.81. The van der Waals surface area contributed by atoms with Crippen LogP contribution in [0.15, 0.2) is 50.8 Å². The fraction of sp³-hybridized carbons (Fsp3) is 0.200. The van der Waals surface area contributed by atoms with Crippen molar-refractivity contribution in [1.82, 2.24) is 5.32 Å². The Kier molecular flexibility index (Phi) is 6.23. The molecule has 5 nitrogen and oxygen atoms in total. The van der Waals surface area contributed by atoms with Crippen molar-refractivity contribution in [3.05, 3.63) is 56.9 Å². The van der Waals surface area contributed by atoms with E-state index in [2.05, 4.69) is 26.2 Å². The number of benzene rings is 2. The molecule has 27 heavy (non-hydrogen) atoms. The number of aryl methyl sites for hydroxylation is 1. The number of amidine groups is 1. The molecule has 1 saturated heterocycles. The van der Waals surface area contributed by atoms with Gasteiger partial charge in [-0.3, -0.25) is 4.79 Å². The zero-order valence-electron chi connectivity index (χ0n) is 15.2. The molecule has 0 saturated carbocycles. The van der Waals surface area contributed by atoms with E-state index in [1.165, 1.54) is 11.8 Å². The van der Waals surface area contributed by atoms with Crippen molar-refractivity contribution in [3.63, 3.8) is 0 Å². The standard InChI is InChI=1S/C20H19BrN2O3S/c1-4-26-18-14(21)9-13(10-16(18)25-3)11-17-19(24)23-20(27-17)22-15-8-6-5-7-12(15)2/h5-11H,4H2,1-3H3,(H,22,23,24)/b17-11-. The van der Waals surface area contributed by atoms with Crippen LogP contribution in [0.25, 0.3) is 6.08 Å². The number of hydrogen-bond donors (Lipinski definition) is 1. The van der Waals surface area contributed by atoms with Crippen LogP contribution in [-0.2, 0) is 4.79 Å². The van der Waals surface area contributed by atoms with Crippen LogP contribution in [0.3, 0.4) is 0 Å². The van der Waals surface area contributed by atoms with Crippen LogP contribution < -0.4 is 14.8 Å². The van der Waals surface area contributed by atoms with Gasteiger partial charge in [-0.1, -0.05) is 18.2 Å². The van der Waals surface area contributed by atoms with Gasteiger partial charge in [-0.05, 0) is 76.9 Å². The zero-order valence-corrected chi connectivity index (χ0v) is 17.6. The Labute approximate surface area is 171 Å². The lowest BCUT2D eigenvalue weighted by molar-refractivity contribution is -0.115. The minimum absolute atomic E-state index is 0.170. The van der Waals surface area contributed by atoms with E-state index in [4.69, 9.17) is 9.47 Å². The largest absolute Gasteiger partial charge is 0.493 e. The second-order valence-electron chi connectivity index (χ2n) is 5.74. The van der Waals surface area contributed by atoms with Gasteiger partial charge < -0.3 is 14.8 Å². The van der Waals surface area contributed by atoms with E-state index in [0.717, 1.165) is 21.3 Å². The van der Waals surface area contributed by atoms with Gasteiger partial charge in [0.1, 0.15) is 0 Å². The second-order valence-corrected chi connectivity index (χ2v) is 7.62. The Bertz CT molecular complexity index is 941. The van der Waals surface area contributed by atoms with Gasteiger partial charge in [0, 0.05) is 0 Å². The summed E-state index contributed by atoms with van der Waals surface area (Å²) in [7, 11) is 1.59. The maximum absolute atomic E-state index is 12.3. The molecule has 0 aliphatic carbocycles. The topological polar surface area (TPSA) is 59.9 Å². The number of hydrogen-bond acceptors (Lipinski definition) is 5. The summed E-state index contributed by atoms with van der Waals surface area (Å²) < 4.78 is 11.8. The first kappa shape index (κ1) is 19.5. The summed E-state index contributed by atoms with van der Waals surface area (Å²) >= 11 is 4.82. The molecule has 3 rings (SSSR count). The molecule has 140 valence electrons. The zero-order chi connectivity index (χ0) is 19.4. The van der Waals surface area contributed by atoms with Crippen LogP contribution in [0.1, 0.15) is 18.1 Å². The highest BCUT2D eigenvalue weighted by molar-refractivity contribution is 9.10. The number of carbonyl (C=O) groups excluding carboxylic acids is 1. The highest BCUT2D eigenvalue weighted by Gasteiger charge is 2.24. The number of amides is 1. The number of nitrogens with one attached hydrogen (secondary N) is 1. The number of nitrogens with zero attached hydrogens (tertiary/aromatic N) is 1. The lowest BCUT2D eigenvalue weighted by atomic mass is 10.2. The van der Waals surface area contributed by atoms with Crippen LogP contribution >= 0.6 is 27.7 Å². The molecule has 0 aromatic heterocycles. The molecule has 1 N–H and O–H groups in total. The number of rotatable bonds is 5. The molecule has 0 unspecified atom stereocenters. The van der Waals surface area contributed by atoms with Crippen molar-refractivity contribution in [1.29, 1.82) is 0 Å². The number of para-hydroxylation sites is 1. The maximum atomic E-state index is 12.3. The number of ether oxygens (including phenoxy) is 2. The Balaban J connectivity index is 1.89. The number of carbonyl (C=O) groups is 1. The summed E-state index contributed by atoms with van der Waals surface area (Å²) in [5.41, 5.74) is 2.72. The lowest BCUT2D eigenvalue weighted by Gasteiger charge is -2.12. The van der Waals surface area contributed by atoms with E-state index in [1.54, 1.807) is 7.11 Å². The van der Waals surface area contributed by atoms with E-state index in [1.807, 2.05) is 56.3 Å². The van der Waals surface area contributed by atoms with Crippen LogP contribution in [0, 0.1) is 6.92 Å². The predicted octanol–water partition coefficient (Wildman–Crippen LogP) is 5.06. The van der Waals surface area contributed by atoms with Crippen LogP contribution in [0.2, 0.25) is 0 Å². The van der Waals surface area contributed by atoms with E-state index >= 15 is 0 Å². The first-order chi connectivity index (χ1) is 13.0. The minimum Gasteiger partial charge on any atom is -0.493 e.